The Labute approximate surface area is 94.4 Å². The molecule has 15 heavy (non-hydrogen) atoms. The van der Waals surface area contributed by atoms with E-state index < -0.39 is 0 Å². The van der Waals surface area contributed by atoms with Gasteiger partial charge in [-0.2, -0.15) is 0 Å². The minimum Gasteiger partial charge on any atom is -0.311 e. The summed E-state index contributed by atoms with van der Waals surface area (Å²) in [7, 11) is 2.32. The van der Waals surface area contributed by atoms with Crippen LogP contribution in [0.5, 0.6) is 0 Å². The zero-order chi connectivity index (χ0) is 11.0. The third-order valence-corrected chi connectivity index (χ3v) is 4.63. The van der Waals surface area contributed by atoms with Gasteiger partial charge in [-0.25, -0.2) is 0 Å². The number of piperidine rings is 1. The van der Waals surface area contributed by atoms with Gasteiger partial charge in [0.1, 0.15) is 0 Å². The first-order chi connectivity index (χ1) is 7.08. The van der Waals surface area contributed by atoms with Crippen molar-refractivity contribution in [1.82, 2.24) is 10.2 Å². The van der Waals surface area contributed by atoms with E-state index >= 15 is 0 Å². The van der Waals surface area contributed by atoms with Crippen molar-refractivity contribution < 1.29 is 0 Å². The fourth-order valence-corrected chi connectivity index (χ4v) is 3.16. The van der Waals surface area contributed by atoms with Crippen molar-refractivity contribution in [2.24, 2.45) is 5.92 Å². The molecule has 2 aliphatic heterocycles. The van der Waals surface area contributed by atoms with E-state index in [4.69, 9.17) is 0 Å². The summed E-state index contributed by atoms with van der Waals surface area (Å²) in [6.45, 7) is 7.03. The molecule has 0 aliphatic carbocycles. The Morgan fingerprint density at radius 1 is 1.07 bits per heavy atom. The van der Waals surface area contributed by atoms with Gasteiger partial charge in [-0.1, -0.05) is 13.8 Å². The topological polar surface area (TPSA) is 15.3 Å². The summed E-state index contributed by atoms with van der Waals surface area (Å²) in [5, 5.41) is 3.72. The molecule has 2 heterocycles. The van der Waals surface area contributed by atoms with Gasteiger partial charge in [-0.15, -0.1) is 0 Å². The fourth-order valence-electron chi connectivity index (χ4n) is 3.16. The Morgan fingerprint density at radius 2 is 1.60 bits per heavy atom. The van der Waals surface area contributed by atoms with Crippen molar-refractivity contribution in [2.75, 3.05) is 7.05 Å². The lowest BCUT2D eigenvalue weighted by atomic mass is 9.95. The molecule has 0 radical (unpaired) electrons. The van der Waals surface area contributed by atoms with Crippen LogP contribution in [0.3, 0.4) is 0 Å². The van der Waals surface area contributed by atoms with Crippen molar-refractivity contribution in [2.45, 2.75) is 70.6 Å². The largest absolute Gasteiger partial charge is 0.311 e. The highest BCUT2D eigenvalue weighted by atomic mass is 15.2. The molecule has 0 saturated carbocycles. The molecule has 88 valence electrons. The Morgan fingerprint density at radius 3 is 2.07 bits per heavy atom. The molecule has 2 nitrogen and oxygen atoms in total. The number of hydrogen-bond acceptors (Lipinski definition) is 2. The Hall–Kier alpha value is -0.0800. The minimum atomic E-state index is 0.715. The smallest absolute Gasteiger partial charge is 0.0125 e. The highest BCUT2D eigenvalue weighted by Crippen LogP contribution is 2.30. The molecule has 0 spiro atoms. The third-order valence-electron chi connectivity index (χ3n) is 4.63. The first-order valence-electron chi connectivity index (χ1n) is 6.56. The van der Waals surface area contributed by atoms with E-state index in [1.165, 1.54) is 25.7 Å². The average Bonchev–Trinajstić information content (AvgIpc) is 2.55. The molecule has 2 bridgehead atoms. The molecule has 2 heteroatoms. The van der Waals surface area contributed by atoms with Crippen LogP contribution >= 0.6 is 0 Å². The number of rotatable bonds is 3. The molecule has 2 saturated heterocycles. The summed E-state index contributed by atoms with van der Waals surface area (Å²) in [6, 6.07) is 3.17. The lowest BCUT2D eigenvalue weighted by molar-refractivity contribution is 0.108. The average molecular weight is 210 g/mol. The van der Waals surface area contributed by atoms with Crippen LogP contribution in [0.4, 0.5) is 0 Å². The lowest BCUT2D eigenvalue weighted by Gasteiger charge is -2.40. The van der Waals surface area contributed by atoms with Crippen LogP contribution in [0, 0.1) is 5.92 Å². The monoisotopic (exact) mass is 210 g/mol. The zero-order valence-electron chi connectivity index (χ0n) is 10.7. The van der Waals surface area contributed by atoms with Crippen molar-refractivity contribution >= 4 is 0 Å². The van der Waals surface area contributed by atoms with Gasteiger partial charge in [0.15, 0.2) is 0 Å². The Kier molecular flexibility index (Phi) is 3.36. The maximum absolute atomic E-state index is 3.72. The number of nitrogens with zero attached hydrogens (tertiary/aromatic N) is 1. The summed E-state index contributed by atoms with van der Waals surface area (Å²) < 4.78 is 0. The first-order valence-corrected chi connectivity index (χ1v) is 6.56. The third kappa shape index (κ3) is 2.36. The maximum Gasteiger partial charge on any atom is 0.0125 e. The maximum atomic E-state index is 3.72. The van der Waals surface area contributed by atoms with Crippen LogP contribution in [0.25, 0.3) is 0 Å². The van der Waals surface area contributed by atoms with Gasteiger partial charge < -0.3 is 10.2 Å². The van der Waals surface area contributed by atoms with Gasteiger partial charge in [-0.05, 0) is 45.6 Å². The molecule has 2 fully saturated rings. The van der Waals surface area contributed by atoms with E-state index in [1.807, 2.05) is 0 Å². The normalized spacial score (nSPS) is 37.6. The van der Waals surface area contributed by atoms with E-state index in [0.717, 1.165) is 24.0 Å². The predicted molar refractivity (Wildman–Crippen MR) is 65.0 cm³/mol. The summed E-state index contributed by atoms with van der Waals surface area (Å²) >= 11 is 0. The van der Waals surface area contributed by atoms with Crippen molar-refractivity contribution in [3.8, 4) is 0 Å². The molecule has 0 aromatic rings. The van der Waals surface area contributed by atoms with Gasteiger partial charge in [0.2, 0.25) is 0 Å². The second kappa shape index (κ2) is 4.42. The first kappa shape index (κ1) is 11.4. The summed E-state index contributed by atoms with van der Waals surface area (Å²) in [6.07, 6.45) is 5.55. The Balaban J connectivity index is 1.93. The van der Waals surface area contributed by atoms with Gasteiger partial charge in [0.25, 0.3) is 0 Å². The van der Waals surface area contributed by atoms with E-state index in [1.54, 1.807) is 0 Å². The SMILES string of the molecule is CC(C)C(C)N(C)C1CC2CCC(C1)N2. The van der Waals surface area contributed by atoms with E-state index in [9.17, 15) is 0 Å². The van der Waals surface area contributed by atoms with Crippen LogP contribution in [-0.4, -0.2) is 36.1 Å². The predicted octanol–water partition coefficient (Wildman–Crippen LogP) is 2.25. The van der Waals surface area contributed by atoms with Crippen LogP contribution in [-0.2, 0) is 0 Å². The van der Waals surface area contributed by atoms with Crippen LogP contribution in [0.2, 0.25) is 0 Å². The molecule has 0 aromatic heterocycles. The van der Waals surface area contributed by atoms with E-state index in [-0.39, 0.29) is 0 Å². The number of hydrogen-bond donors (Lipinski definition) is 1. The highest BCUT2D eigenvalue weighted by Gasteiger charge is 2.36. The molecule has 3 unspecified atom stereocenters. The second-order valence-corrected chi connectivity index (χ2v) is 5.91. The standard InChI is InChI=1S/C13H26N2/c1-9(2)10(3)15(4)13-7-11-5-6-12(8-13)14-11/h9-14H,5-8H2,1-4H3. The quantitative estimate of drug-likeness (QED) is 0.768. The van der Waals surface area contributed by atoms with Gasteiger partial charge in [0.05, 0.1) is 0 Å². The molecule has 1 N–H and O–H groups in total. The van der Waals surface area contributed by atoms with Crippen LogP contribution in [0.15, 0.2) is 0 Å². The fraction of sp³-hybridized carbons (Fsp3) is 1.00. The number of nitrogens with one attached hydrogen (secondary N) is 1. The number of fused-ring (bicyclic) bond motifs is 2. The van der Waals surface area contributed by atoms with E-state index in [2.05, 4.69) is 38.0 Å². The van der Waals surface area contributed by atoms with Crippen LogP contribution < -0.4 is 5.32 Å². The van der Waals surface area contributed by atoms with Crippen molar-refractivity contribution in [1.29, 1.82) is 0 Å². The summed E-state index contributed by atoms with van der Waals surface area (Å²) in [5.74, 6) is 0.766. The highest BCUT2D eigenvalue weighted by molar-refractivity contribution is 4.96. The van der Waals surface area contributed by atoms with Crippen molar-refractivity contribution in [3.05, 3.63) is 0 Å². The summed E-state index contributed by atoms with van der Waals surface area (Å²) in [5.41, 5.74) is 0. The molecular formula is C13H26N2. The van der Waals surface area contributed by atoms with E-state index in [0.29, 0.717) is 6.04 Å². The van der Waals surface area contributed by atoms with Gasteiger partial charge >= 0.3 is 0 Å². The molecule has 0 aromatic carbocycles. The van der Waals surface area contributed by atoms with Crippen LogP contribution in [0.1, 0.15) is 46.5 Å². The zero-order valence-corrected chi connectivity index (χ0v) is 10.7. The molecule has 2 aliphatic rings. The van der Waals surface area contributed by atoms with Crippen molar-refractivity contribution in [3.63, 3.8) is 0 Å². The summed E-state index contributed by atoms with van der Waals surface area (Å²) in [4.78, 5) is 2.62. The molecule has 0 amide bonds. The lowest BCUT2D eigenvalue weighted by Crippen LogP contribution is -2.50. The van der Waals surface area contributed by atoms with Gasteiger partial charge in [-0.3, -0.25) is 0 Å². The second-order valence-electron chi connectivity index (χ2n) is 5.91. The molecule has 3 atom stereocenters. The van der Waals surface area contributed by atoms with Gasteiger partial charge in [0, 0.05) is 24.2 Å². The molecule has 2 rings (SSSR count). The molecular weight excluding hydrogens is 184 g/mol. The Bertz CT molecular complexity index is 203. The minimum absolute atomic E-state index is 0.715.